The maximum atomic E-state index is 13.4. The molecule has 0 atom stereocenters. The van der Waals surface area contributed by atoms with E-state index in [-0.39, 0.29) is 5.91 Å². The van der Waals surface area contributed by atoms with Gasteiger partial charge < -0.3 is 0 Å². The number of benzene rings is 1. The second-order valence-corrected chi connectivity index (χ2v) is 7.59. The molecule has 0 aliphatic rings. The lowest BCUT2D eigenvalue weighted by molar-refractivity contribution is 0.100. The van der Waals surface area contributed by atoms with Gasteiger partial charge in [-0.3, -0.25) is 9.69 Å². The van der Waals surface area contributed by atoms with E-state index < -0.39 is 0 Å². The first-order valence-electron chi connectivity index (χ1n) is 8.20. The van der Waals surface area contributed by atoms with E-state index in [4.69, 9.17) is 0 Å². The molecule has 134 valence electrons. The standard InChI is InChI=1S/C19H15N5OS2/c1-12-11-26-19(22-12)24(14-7-4-3-5-8-14)18(25)15-13(2)23-17(27-15)16-20-9-6-10-21-16/h3-11H,1-2H3. The molecule has 1 amide bonds. The van der Waals surface area contributed by atoms with Crippen LogP contribution in [0, 0.1) is 13.8 Å². The third-order valence-corrected chi connectivity index (χ3v) is 5.85. The molecule has 1 aromatic carbocycles. The Labute approximate surface area is 164 Å². The SMILES string of the molecule is Cc1csc(N(C(=O)c2sc(-c3ncccn3)nc2C)c2ccccc2)n1. The highest BCUT2D eigenvalue weighted by Gasteiger charge is 2.27. The van der Waals surface area contributed by atoms with Gasteiger partial charge in [-0.25, -0.2) is 19.9 Å². The van der Waals surface area contributed by atoms with Crippen molar-refractivity contribution in [3.05, 3.63) is 70.4 Å². The van der Waals surface area contributed by atoms with Crippen LogP contribution in [0.1, 0.15) is 21.1 Å². The smallest absolute Gasteiger partial charge is 0.267 e. The number of hydrogen-bond donors (Lipinski definition) is 0. The number of rotatable bonds is 4. The number of aromatic nitrogens is 4. The van der Waals surface area contributed by atoms with E-state index in [1.807, 2.05) is 49.6 Å². The van der Waals surface area contributed by atoms with Crippen molar-refractivity contribution in [3.8, 4) is 10.8 Å². The van der Waals surface area contributed by atoms with Crippen molar-refractivity contribution in [2.45, 2.75) is 13.8 Å². The average Bonchev–Trinajstić information content (AvgIpc) is 3.29. The minimum absolute atomic E-state index is 0.160. The molecule has 0 unspecified atom stereocenters. The Morgan fingerprint density at radius 1 is 1.00 bits per heavy atom. The first-order valence-corrected chi connectivity index (χ1v) is 9.89. The summed E-state index contributed by atoms with van der Waals surface area (Å²) in [6.45, 7) is 3.74. The van der Waals surface area contributed by atoms with E-state index in [0.717, 1.165) is 11.4 Å². The summed E-state index contributed by atoms with van der Waals surface area (Å²) in [5.74, 6) is 0.355. The van der Waals surface area contributed by atoms with Crippen LogP contribution < -0.4 is 4.90 Å². The minimum atomic E-state index is -0.160. The lowest BCUT2D eigenvalue weighted by Gasteiger charge is -2.19. The number of carbonyl (C=O) groups is 1. The molecule has 0 bridgehead atoms. The fourth-order valence-corrected chi connectivity index (χ4v) is 4.30. The molecule has 0 radical (unpaired) electrons. The predicted molar refractivity (Wildman–Crippen MR) is 108 cm³/mol. The molecule has 6 nitrogen and oxygen atoms in total. The number of thiazole rings is 2. The number of hydrogen-bond acceptors (Lipinski definition) is 7. The van der Waals surface area contributed by atoms with Gasteiger partial charge in [0.25, 0.3) is 5.91 Å². The zero-order valence-corrected chi connectivity index (χ0v) is 16.3. The molecule has 0 saturated carbocycles. The maximum Gasteiger partial charge on any atom is 0.276 e. The zero-order chi connectivity index (χ0) is 18.8. The highest BCUT2D eigenvalue weighted by molar-refractivity contribution is 7.17. The number of aryl methyl sites for hydroxylation is 2. The number of nitrogens with zero attached hydrogens (tertiary/aromatic N) is 5. The van der Waals surface area contributed by atoms with Crippen LogP contribution >= 0.6 is 22.7 Å². The average molecular weight is 393 g/mol. The Morgan fingerprint density at radius 2 is 1.74 bits per heavy atom. The molecule has 4 rings (SSSR count). The van der Waals surface area contributed by atoms with Crippen LogP contribution in [0.4, 0.5) is 10.8 Å². The molecule has 0 spiro atoms. The van der Waals surface area contributed by atoms with E-state index in [0.29, 0.717) is 26.5 Å². The Morgan fingerprint density at radius 3 is 2.41 bits per heavy atom. The number of carbonyl (C=O) groups excluding carboxylic acids is 1. The third kappa shape index (κ3) is 3.49. The van der Waals surface area contributed by atoms with Gasteiger partial charge in [0.2, 0.25) is 0 Å². The van der Waals surface area contributed by atoms with Gasteiger partial charge in [0.15, 0.2) is 16.0 Å². The van der Waals surface area contributed by atoms with Gasteiger partial charge >= 0.3 is 0 Å². The predicted octanol–water partition coefficient (Wildman–Crippen LogP) is 4.65. The van der Waals surface area contributed by atoms with Gasteiger partial charge in [-0.1, -0.05) is 18.2 Å². The molecule has 3 aromatic heterocycles. The summed E-state index contributed by atoms with van der Waals surface area (Å²) in [6.07, 6.45) is 3.32. The van der Waals surface area contributed by atoms with Gasteiger partial charge in [0.1, 0.15) is 4.88 Å². The molecular formula is C19H15N5OS2. The van der Waals surface area contributed by atoms with E-state index in [9.17, 15) is 4.79 Å². The van der Waals surface area contributed by atoms with Crippen molar-refractivity contribution >= 4 is 39.4 Å². The monoisotopic (exact) mass is 393 g/mol. The quantitative estimate of drug-likeness (QED) is 0.504. The summed E-state index contributed by atoms with van der Waals surface area (Å²) in [6, 6.07) is 11.3. The minimum Gasteiger partial charge on any atom is -0.267 e. The van der Waals surface area contributed by atoms with Crippen LogP contribution in [0.25, 0.3) is 10.8 Å². The zero-order valence-electron chi connectivity index (χ0n) is 14.7. The molecule has 0 saturated heterocycles. The van der Waals surface area contributed by atoms with Gasteiger partial charge in [0.05, 0.1) is 17.1 Å². The Bertz CT molecular complexity index is 1080. The van der Waals surface area contributed by atoms with Crippen molar-refractivity contribution in [3.63, 3.8) is 0 Å². The van der Waals surface area contributed by atoms with Crippen LogP contribution in [0.2, 0.25) is 0 Å². The summed E-state index contributed by atoms with van der Waals surface area (Å²) >= 11 is 2.73. The third-order valence-electron chi connectivity index (χ3n) is 3.76. The summed E-state index contributed by atoms with van der Waals surface area (Å²) in [5, 5.41) is 3.19. The Kier molecular flexibility index (Phi) is 4.74. The topological polar surface area (TPSA) is 71.9 Å². The van der Waals surface area contributed by atoms with Crippen molar-refractivity contribution in [1.29, 1.82) is 0 Å². The molecule has 0 fully saturated rings. The van der Waals surface area contributed by atoms with Crippen LogP contribution in [0.15, 0.2) is 54.2 Å². The van der Waals surface area contributed by atoms with Crippen LogP contribution in [0.3, 0.4) is 0 Å². The number of amides is 1. The Hall–Kier alpha value is -2.97. The van der Waals surface area contributed by atoms with Gasteiger partial charge in [-0.2, -0.15) is 0 Å². The van der Waals surface area contributed by atoms with Gasteiger partial charge in [-0.15, -0.1) is 22.7 Å². The Balaban J connectivity index is 1.78. The molecule has 0 N–H and O–H groups in total. The molecule has 3 heterocycles. The second kappa shape index (κ2) is 7.34. The van der Waals surface area contributed by atoms with Crippen LogP contribution in [0.5, 0.6) is 0 Å². The first kappa shape index (κ1) is 17.4. The summed E-state index contributed by atoms with van der Waals surface area (Å²) in [5.41, 5.74) is 2.30. The summed E-state index contributed by atoms with van der Waals surface area (Å²) in [7, 11) is 0. The van der Waals surface area contributed by atoms with Crippen LogP contribution in [-0.2, 0) is 0 Å². The fourth-order valence-electron chi connectivity index (χ4n) is 2.54. The highest BCUT2D eigenvalue weighted by atomic mass is 32.1. The summed E-state index contributed by atoms with van der Waals surface area (Å²) in [4.78, 5) is 33.1. The molecule has 4 aromatic rings. The van der Waals surface area contributed by atoms with E-state index in [1.165, 1.54) is 22.7 Å². The van der Waals surface area contributed by atoms with E-state index >= 15 is 0 Å². The first-order chi connectivity index (χ1) is 13.1. The van der Waals surface area contributed by atoms with Gasteiger partial charge in [0, 0.05) is 17.8 Å². The molecule has 0 aliphatic heterocycles. The van der Waals surface area contributed by atoms with Crippen molar-refractivity contribution in [2.24, 2.45) is 0 Å². The second-order valence-electron chi connectivity index (χ2n) is 5.75. The maximum absolute atomic E-state index is 13.4. The normalized spacial score (nSPS) is 10.7. The van der Waals surface area contributed by atoms with Crippen molar-refractivity contribution < 1.29 is 4.79 Å². The highest BCUT2D eigenvalue weighted by Crippen LogP contribution is 2.33. The fraction of sp³-hybridized carbons (Fsp3) is 0.105. The number of para-hydroxylation sites is 1. The molecule has 27 heavy (non-hydrogen) atoms. The van der Waals surface area contributed by atoms with E-state index in [2.05, 4.69) is 19.9 Å². The van der Waals surface area contributed by atoms with Crippen molar-refractivity contribution in [1.82, 2.24) is 19.9 Å². The van der Waals surface area contributed by atoms with Gasteiger partial charge in [-0.05, 0) is 32.0 Å². The van der Waals surface area contributed by atoms with E-state index in [1.54, 1.807) is 23.4 Å². The lowest BCUT2D eigenvalue weighted by atomic mass is 10.2. The summed E-state index contributed by atoms with van der Waals surface area (Å²) < 4.78 is 0. The number of anilines is 2. The largest absolute Gasteiger partial charge is 0.276 e. The lowest BCUT2D eigenvalue weighted by Crippen LogP contribution is -2.25. The molecule has 0 aliphatic carbocycles. The molecular weight excluding hydrogens is 378 g/mol. The van der Waals surface area contributed by atoms with Crippen molar-refractivity contribution in [2.75, 3.05) is 4.90 Å². The van der Waals surface area contributed by atoms with Crippen LogP contribution in [-0.4, -0.2) is 25.8 Å². The molecule has 8 heteroatoms.